The fraction of sp³-hybridized carbons (Fsp3) is 0.833. The molecule has 0 unspecified atom stereocenters. The van der Waals surface area contributed by atoms with E-state index in [4.69, 9.17) is 116 Å². The minimum atomic E-state index is -1.70. The molecule has 1 radical (unpaired) electrons. The maximum Gasteiger partial charge on any atom is 0.157 e. The van der Waals surface area contributed by atoms with Crippen LogP contribution in [0.2, 0.25) is 0 Å². The van der Waals surface area contributed by atoms with Gasteiger partial charge in [-0.3, -0.25) is 0 Å². The van der Waals surface area contributed by atoms with Gasteiger partial charge >= 0.3 is 0 Å². The van der Waals surface area contributed by atoms with Gasteiger partial charge in [-0.05, 0) is 32.1 Å². The predicted octanol–water partition coefficient (Wildman–Crippen LogP) is 5.50. The van der Waals surface area contributed by atoms with E-state index in [0.717, 1.165) is 32.1 Å². The first kappa shape index (κ1) is 63.8. The molecule has 0 saturated carbocycles. The molecule has 0 aliphatic heterocycles. The number of halogens is 10. The number of aliphatic carboxylic acids is 5. The quantitative estimate of drug-likeness (QED) is 0.140. The van der Waals surface area contributed by atoms with E-state index < -0.39 is 51.5 Å². The Hall–Kier alpha value is 0.834. The monoisotopic (exact) mass is 966 g/mol. The molecule has 0 bridgehead atoms. The van der Waals surface area contributed by atoms with Crippen LogP contribution in [0.4, 0.5) is 0 Å². The van der Waals surface area contributed by atoms with Crippen LogP contribution in [0.5, 0.6) is 0 Å². The fourth-order valence-electron chi connectivity index (χ4n) is 2.50. The Balaban J connectivity index is -0.000000123. The van der Waals surface area contributed by atoms with Gasteiger partial charge in [0.1, 0.15) is 0 Å². The van der Waals surface area contributed by atoms with Crippen molar-refractivity contribution in [3.05, 3.63) is 0 Å². The number of hydrogen-bond donors (Lipinski definition) is 0. The SMILES string of the molecule is CCCCC(Cl)(Cl)C(=O)[O-].CCCCC(Cl)(Cl)C(=O)[O-].CCCCC(Cl)(Cl)C(=O)[O-].CCCCC(Cl)(Cl)C(=O)[O-].CCCCC(Cl)(Cl)C(=O)[O-].[V]. The molecule has 21 heteroatoms. The normalized spacial score (nSPS) is 11.3. The van der Waals surface area contributed by atoms with Gasteiger partial charge in [-0.2, -0.15) is 0 Å². The van der Waals surface area contributed by atoms with Gasteiger partial charge < -0.3 is 49.5 Å². The molecule has 0 N–H and O–H groups in total. The van der Waals surface area contributed by atoms with Gasteiger partial charge in [-0.15, -0.1) is 0 Å². The maximum absolute atomic E-state index is 10.2. The molecule has 0 aromatic heterocycles. The predicted molar refractivity (Wildman–Crippen MR) is 195 cm³/mol. The molecule has 0 heterocycles. The van der Waals surface area contributed by atoms with Gasteiger partial charge in [-0.25, -0.2) is 0 Å². The number of carbonyl (C=O) groups is 5. The number of hydrogen-bond acceptors (Lipinski definition) is 10. The molecule has 0 saturated heterocycles. The molecule has 10 nitrogen and oxygen atoms in total. The van der Waals surface area contributed by atoms with Gasteiger partial charge in [0.15, 0.2) is 21.7 Å². The number of rotatable bonds is 20. The number of carboxylic acid groups (broad SMARTS) is 5. The van der Waals surface area contributed by atoms with Crippen molar-refractivity contribution < 1.29 is 68.1 Å². The zero-order valence-corrected chi connectivity index (χ0v) is 37.9. The molecule has 0 aromatic carbocycles. The molecule has 0 aliphatic carbocycles. The van der Waals surface area contributed by atoms with E-state index in [9.17, 15) is 49.5 Å². The molecule has 0 rings (SSSR count). The Morgan fingerprint density at radius 1 is 0.333 bits per heavy atom. The summed E-state index contributed by atoms with van der Waals surface area (Å²) in [4.78, 5) is 50.8. The zero-order chi connectivity index (χ0) is 41.0. The van der Waals surface area contributed by atoms with E-state index in [-0.39, 0.29) is 50.7 Å². The van der Waals surface area contributed by atoms with Gasteiger partial charge in [0, 0.05) is 18.6 Å². The second-order valence-corrected chi connectivity index (χ2v) is 17.9. The van der Waals surface area contributed by atoms with Crippen LogP contribution in [-0.2, 0) is 42.5 Å². The molecule has 0 atom stereocenters. The summed E-state index contributed by atoms with van der Waals surface area (Å²) in [7, 11) is 0. The summed E-state index contributed by atoms with van der Waals surface area (Å²) in [6.07, 6.45) is 9.05. The Kier molecular flexibility index (Phi) is 42.6. The molecule has 0 spiro atoms. The first-order chi connectivity index (χ1) is 22.5. The van der Waals surface area contributed by atoms with Crippen molar-refractivity contribution in [2.75, 3.05) is 0 Å². The van der Waals surface area contributed by atoms with Crippen LogP contribution in [0.1, 0.15) is 131 Å². The van der Waals surface area contributed by atoms with Crippen molar-refractivity contribution in [2.45, 2.75) is 153 Å². The van der Waals surface area contributed by atoms with Crippen LogP contribution in [-0.4, -0.2) is 51.5 Å². The topological polar surface area (TPSA) is 201 Å². The average molecular weight is 971 g/mol. The van der Waals surface area contributed by atoms with Crippen molar-refractivity contribution in [1.29, 1.82) is 0 Å². The van der Waals surface area contributed by atoms with E-state index in [1.807, 2.05) is 34.6 Å². The zero-order valence-electron chi connectivity index (χ0n) is 28.9. The summed E-state index contributed by atoms with van der Waals surface area (Å²) in [5.41, 5.74) is 0. The minimum absolute atomic E-state index is 0. The number of alkyl halides is 10. The molecular formula is C30H45Cl10O10V-5. The van der Waals surface area contributed by atoms with E-state index in [0.29, 0.717) is 32.1 Å². The van der Waals surface area contributed by atoms with Crippen LogP contribution < -0.4 is 25.5 Å². The van der Waals surface area contributed by atoms with Gasteiger partial charge in [0.05, 0.1) is 29.8 Å². The fourth-order valence-corrected chi connectivity index (χ4v) is 3.84. The van der Waals surface area contributed by atoms with Crippen LogP contribution >= 0.6 is 116 Å². The Labute approximate surface area is 363 Å². The van der Waals surface area contributed by atoms with Crippen molar-refractivity contribution in [2.24, 2.45) is 0 Å². The summed E-state index contributed by atoms with van der Waals surface area (Å²) < 4.78 is -8.49. The third kappa shape index (κ3) is 38.9. The van der Waals surface area contributed by atoms with Crippen LogP contribution in [0.15, 0.2) is 0 Å². The average Bonchev–Trinajstić information content (AvgIpc) is 3.00. The van der Waals surface area contributed by atoms with Crippen molar-refractivity contribution in [3.8, 4) is 0 Å². The second kappa shape index (κ2) is 34.1. The summed E-state index contributed by atoms with van der Waals surface area (Å²) in [5, 5.41) is 50.8. The van der Waals surface area contributed by atoms with Crippen molar-refractivity contribution >= 4 is 146 Å². The third-order valence-electron chi connectivity index (χ3n) is 5.71. The number of unbranched alkanes of at least 4 members (excludes halogenated alkanes) is 5. The van der Waals surface area contributed by atoms with Crippen LogP contribution in [0.25, 0.3) is 0 Å². The number of carboxylic acids is 5. The Morgan fingerprint density at radius 2 is 0.431 bits per heavy atom. The van der Waals surface area contributed by atoms with E-state index in [2.05, 4.69) is 0 Å². The first-order valence-electron chi connectivity index (χ1n) is 15.5. The summed E-state index contributed by atoms with van der Waals surface area (Å²) >= 11 is 53.5. The molecule has 0 aromatic rings. The maximum atomic E-state index is 10.2. The number of carbonyl (C=O) groups excluding carboxylic acids is 5. The molecule has 51 heavy (non-hydrogen) atoms. The van der Waals surface area contributed by atoms with Gasteiger partial charge in [0.2, 0.25) is 0 Å². The van der Waals surface area contributed by atoms with Crippen molar-refractivity contribution in [3.63, 3.8) is 0 Å². The van der Waals surface area contributed by atoms with E-state index >= 15 is 0 Å². The Morgan fingerprint density at radius 3 is 0.490 bits per heavy atom. The standard InChI is InChI=1S/5C6H10Cl2O2.V/c5*1-2-3-4-6(7,8)5(9)10;/h5*2-4H2,1H3,(H,9,10);/p-5. The molecular weight excluding hydrogens is 926 g/mol. The van der Waals surface area contributed by atoms with Gasteiger partial charge in [0.25, 0.3) is 0 Å². The molecule has 305 valence electrons. The Bertz CT molecular complexity index is 796. The van der Waals surface area contributed by atoms with Gasteiger partial charge in [-0.1, -0.05) is 215 Å². The molecule has 0 aliphatic rings. The summed E-state index contributed by atoms with van der Waals surface area (Å²) in [6, 6.07) is 0. The van der Waals surface area contributed by atoms with Crippen LogP contribution in [0.3, 0.4) is 0 Å². The van der Waals surface area contributed by atoms with E-state index in [1.165, 1.54) is 0 Å². The summed E-state index contributed by atoms with van der Waals surface area (Å²) in [5.74, 6) is -7.06. The second-order valence-electron chi connectivity index (χ2n) is 10.5. The van der Waals surface area contributed by atoms with E-state index in [1.54, 1.807) is 0 Å². The largest absolute Gasteiger partial charge is 0.547 e. The minimum Gasteiger partial charge on any atom is -0.547 e. The van der Waals surface area contributed by atoms with Crippen molar-refractivity contribution in [1.82, 2.24) is 0 Å². The first-order valence-corrected chi connectivity index (χ1v) is 19.3. The third-order valence-corrected chi connectivity index (χ3v) is 9.15. The summed E-state index contributed by atoms with van der Waals surface area (Å²) in [6.45, 7) is 9.65. The smallest absolute Gasteiger partial charge is 0.157 e. The molecule has 0 amide bonds. The molecule has 0 fully saturated rings. The van der Waals surface area contributed by atoms with Crippen LogP contribution in [0, 0.1) is 0 Å².